The fraction of sp³-hybridized carbons (Fsp3) is 0.375. The van der Waals surface area contributed by atoms with E-state index in [1.165, 1.54) is 0 Å². The molecule has 2 aliphatic rings. The number of fused-ring (bicyclic) bond motifs is 2. The quantitative estimate of drug-likeness (QED) is 0.457. The number of aromatic nitrogens is 6. The Labute approximate surface area is 197 Å². The predicted molar refractivity (Wildman–Crippen MR) is 127 cm³/mol. The zero-order chi connectivity index (χ0) is 23.1. The molecular weight excluding hydrogens is 432 g/mol. The van der Waals surface area contributed by atoms with Crippen LogP contribution < -0.4 is 14.4 Å². The van der Waals surface area contributed by atoms with Crippen molar-refractivity contribution < 1.29 is 9.47 Å². The molecule has 3 aromatic heterocycles. The van der Waals surface area contributed by atoms with Crippen molar-refractivity contribution >= 4 is 11.7 Å². The summed E-state index contributed by atoms with van der Waals surface area (Å²) in [5.74, 6) is 3.33. The van der Waals surface area contributed by atoms with Crippen molar-refractivity contribution in [3.63, 3.8) is 0 Å². The molecule has 6 rings (SSSR count). The lowest BCUT2D eigenvalue weighted by Crippen LogP contribution is -2.46. The summed E-state index contributed by atoms with van der Waals surface area (Å²) in [5.41, 5.74) is 3.50. The molecule has 1 saturated heterocycles. The summed E-state index contributed by atoms with van der Waals surface area (Å²) in [4.78, 5) is 23.3. The molecule has 174 valence electrons. The van der Waals surface area contributed by atoms with Crippen molar-refractivity contribution in [2.24, 2.45) is 0 Å². The molecule has 0 spiro atoms. The molecule has 0 bridgehead atoms. The lowest BCUT2D eigenvalue weighted by atomic mass is 10.2. The molecular formula is C24H26N8O2. The van der Waals surface area contributed by atoms with Crippen LogP contribution in [0.1, 0.15) is 12.6 Å². The smallest absolute Gasteiger partial charge is 0.252 e. The van der Waals surface area contributed by atoms with E-state index >= 15 is 0 Å². The van der Waals surface area contributed by atoms with Crippen LogP contribution in [0.15, 0.2) is 36.7 Å². The molecule has 0 saturated carbocycles. The highest BCUT2D eigenvalue weighted by atomic mass is 16.6. The second kappa shape index (κ2) is 8.53. The van der Waals surface area contributed by atoms with Gasteiger partial charge < -0.3 is 19.3 Å². The molecule has 0 aliphatic carbocycles. The first-order valence-corrected chi connectivity index (χ1v) is 11.6. The van der Waals surface area contributed by atoms with E-state index in [1.807, 2.05) is 43.6 Å². The van der Waals surface area contributed by atoms with Crippen LogP contribution in [0.2, 0.25) is 0 Å². The van der Waals surface area contributed by atoms with Crippen LogP contribution >= 0.6 is 0 Å². The number of anilines is 1. The number of piperazine rings is 1. The van der Waals surface area contributed by atoms with Gasteiger partial charge in [-0.05, 0) is 37.7 Å². The van der Waals surface area contributed by atoms with Crippen LogP contribution in [0.4, 0.5) is 5.95 Å². The van der Waals surface area contributed by atoms with Gasteiger partial charge in [-0.1, -0.05) is 6.92 Å². The monoisotopic (exact) mass is 458 g/mol. The van der Waals surface area contributed by atoms with Crippen LogP contribution in [0.25, 0.3) is 28.4 Å². The Hall–Kier alpha value is -3.79. The standard InChI is InChI=1S/C24H26N8O2/c1-3-30-8-10-31(11-9-30)23-25-7-6-19(27-23)18-15-26-24-28-22(29-32(24)16(18)2)17-4-5-20-21(14-17)34-13-12-33-20/h4-7,14-15H,3,8-13H2,1-2H3. The maximum Gasteiger partial charge on any atom is 0.252 e. The minimum Gasteiger partial charge on any atom is -0.486 e. The summed E-state index contributed by atoms with van der Waals surface area (Å²) >= 11 is 0. The van der Waals surface area contributed by atoms with Gasteiger partial charge in [0.2, 0.25) is 5.95 Å². The summed E-state index contributed by atoms with van der Waals surface area (Å²) < 4.78 is 13.1. The Morgan fingerprint density at radius 1 is 0.941 bits per heavy atom. The highest BCUT2D eigenvalue weighted by molar-refractivity contribution is 5.66. The van der Waals surface area contributed by atoms with E-state index < -0.39 is 0 Å². The largest absolute Gasteiger partial charge is 0.486 e. The summed E-state index contributed by atoms with van der Waals surface area (Å²) in [6.45, 7) is 10.3. The average molecular weight is 459 g/mol. The van der Waals surface area contributed by atoms with E-state index in [-0.39, 0.29) is 0 Å². The van der Waals surface area contributed by atoms with Crippen molar-refractivity contribution in [3.05, 3.63) is 42.4 Å². The minimum absolute atomic E-state index is 0.536. The van der Waals surface area contributed by atoms with E-state index in [2.05, 4.69) is 31.7 Å². The van der Waals surface area contributed by atoms with Gasteiger partial charge in [0.1, 0.15) is 13.2 Å². The number of ether oxygens (including phenoxy) is 2. The van der Waals surface area contributed by atoms with Gasteiger partial charge in [0.15, 0.2) is 17.3 Å². The van der Waals surface area contributed by atoms with Gasteiger partial charge in [0.25, 0.3) is 5.78 Å². The number of rotatable bonds is 4. The highest BCUT2D eigenvalue weighted by Gasteiger charge is 2.20. The van der Waals surface area contributed by atoms with Gasteiger partial charge in [-0.25, -0.2) is 19.5 Å². The molecule has 5 heterocycles. The summed E-state index contributed by atoms with van der Waals surface area (Å²) in [5, 5.41) is 4.73. The normalized spacial score (nSPS) is 16.2. The molecule has 10 nitrogen and oxygen atoms in total. The predicted octanol–water partition coefficient (Wildman–Crippen LogP) is 2.47. The second-order valence-electron chi connectivity index (χ2n) is 8.43. The third-order valence-corrected chi connectivity index (χ3v) is 6.43. The van der Waals surface area contributed by atoms with Crippen molar-refractivity contribution in [2.75, 3.05) is 50.8 Å². The van der Waals surface area contributed by atoms with Crippen molar-refractivity contribution in [1.29, 1.82) is 0 Å². The highest BCUT2D eigenvalue weighted by Crippen LogP contribution is 2.34. The van der Waals surface area contributed by atoms with E-state index in [0.717, 1.165) is 66.9 Å². The van der Waals surface area contributed by atoms with Crippen LogP contribution in [0.5, 0.6) is 11.5 Å². The first-order valence-electron chi connectivity index (χ1n) is 11.6. The number of likely N-dealkylation sites (N-methyl/N-ethyl adjacent to an activating group) is 1. The Kier molecular flexibility index (Phi) is 5.21. The molecule has 0 amide bonds. The fourth-order valence-electron chi connectivity index (χ4n) is 4.41. The van der Waals surface area contributed by atoms with Gasteiger partial charge >= 0.3 is 0 Å². The van der Waals surface area contributed by atoms with Gasteiger partial charge in [0.05, 0.1) is 11.4 Å². The molecule has 0 radical (unpaired) electrons. The topological polar surface area (TPSA) is 93.8 Å². The maximum absolute atomic E-state index is 5.71. The third kappa shape index (κ3) is 3.69. The second-order valence-corrected chi connectivity index (χ2v) is 8.43. The molecule has 4 aromatic rings. The third-order valence-electron chi connectivity index (χ3n) is 6.43. The number of hydrogen-bond donors (Lipinski definition) is 0. The van der Waals surface area contributed by atoms with Crippen LogP contribution in [-0.2, 0) is 0 Å². The van der Waals surface area contributed by atoms with Gasteiger partial charge in [-0.3, -0.25) is 0 Å². The summed E-state index contributed by atoms with van der Waals surface area (Å²) in [7, 11) is 0. The fourth-order valence-corrected chi connectivity index (χ4v) is 4.41. The van der Waals surface area contributed by atoms with E-state index in [0.29, 0.717) is 30.6 Å². The molecule has 0 N–H and O–H groups in total. The van der Waals surface area contributed by atoms with Crippen LogP contribution in [0.3, 0.4) is 0 Å². The molecule has 10 heteroatoms. The molecule has 34 heavy (non-hydrogen) atoms. The van der Waals surface area contributed by atoms with E-state index in [9.17, 15) is 0 Å². The Morgan fingerprint density at radius 3 is 2.59 bits per heavy atom. The molecule has 0 atom stereocenters. The zero-order valence-electron chi connectivity index (χ0n) is 19.3. The molecule has 2 aliphatic heterocycles. The van der Waals surface area contributed by atoms with Crippen molar-refractivity contribution in [3.8, 4) is 34.1 Å². The zero-order valence-corrected chi connectivity index (χ0v) is 19.3. The molecule has 0 unspecified atom stereocenters. The van der Waals surface area contributed by atoms with Gasteiger partial charge in [0, 0.05) is 49.7 Å². The summed E-state index contributed by atoms with van der Waals surface area (Å²) in [6.07, 6.45) is 3.63. The molecule has 1 fully saturated rings. The Balaban J connectivity index is 1.32. The molecule has 1 aromatic carbocycles. The summed E-state index contributed by atoms with van der Waals surface area (Å²) in [6, 6.07) is 7.66. The van der Waals surface area contributed by atoms with Crippen molar-refractivity contribution in [2.45, 2.75) is 13.8 Å². The van der Waals surface area contributed by atoms with Gasteiger partial charge in [-0.15, -0.1) is 5.10 Å². The number of aryl methyl sites for hydroxylation is 1. The minimum atomic E-state index is 0.536. The maximum atomic E-state index is 5.71. The van der Waals surface area contributed by atoms with E-state index in [1.54, 1.807) is 4.52 Å². The first-order chi connectivity index (χ1) is 16.7. The number of hydrogen-bond acceptors (Lipinski definition) is 9. The number of nitrogens with zero attached hydrogens (tertiary/aromatic N) is 8. The van der Waals surface area contributed by atoms with Crippen molar-refractivity contribution in [1.82, 2.24) is 34.4 Å². The SMILES string of the molecule is CCN1CCN(c2nccc(-c3cnc4nc(-c5ccc6c(c5)OCCO6)nn4c3C)n2)CC1. The Bertz CT molecular complexity index is 1350. The lowest BCUT2D eigenvalue weighted by Gasteiger charge is -2.34. The lowest BCUT2D eigenvalue weighted by molar-refractivity contribution is 0.171. The number of benzene rings is 1. The van der Waals surface area contributed by atoms with Crippen LogP contribution in [-0.4, -0.2) is 80.4 Å². The van der Waals surface area contributed by atoms with Gasteiger partial charge in [-0.2, -0.15) is 4.98 Å². The van der Waals surface area contributed by atoms with E-state index in [4.69, 9.17) is 19.6 Å². The first kappa shape index (κ1) is 20.8. The average Bonchev–Trinajstić information content (AvgIpc) is 3.34. The Morgan fingerprint density at radius 2 is 1.76 bits per heavy atom. The van der Waals surface area contributed by atoms with Crippen LogP contribution in [0, 0.1) is 6.92 Å².